The molecule has 0 spiro atoms. The first-order valence-electron chi connectivity index (χ1n) is 3.32. The van der Waals surface area contributed by atoms with Crippen LogP contribution in [0.15, 0.2) is 29.4 Å². The van der Waals surface area contributed by atoms with Crippen molar-refractivity contribution in [1.82, 2.24) is 0 Å². The third-order valence-corrected chi connectivity index (χ3v) is 1.42. The Hall–Kier alpha value is -1.07. The molecule has 0 aromatic rings. The molecule has 52 valence electrons. The minimum atomic E-state index is 0.941. The Morgan fingerprint density at radius 3 is 2.80 bits per heavy atom. The highest BCUT2D eigenvalue weighted by Gasteiger charge is 1.99. The molecule has 0 aromatic carbocycles. The Bertz CT molecular complexity index is 237. The largest absolute Gasteiger partial charge is 0.347 e. The molecule has 0 aromatic heterocycles. The number of hydrogen-bond acceptors (Lipinski definition) is 0. The third kappa shape index (κ3) is 1.71. The van der Waals surface area contributed by atoms with Crippen LogP contribution in [0.3, 0.4) is 0 Å². The van der Waals surface area contributed by atoms with Crippen LogP contribution in [0.5, 0.6) is 0 Å². The summed E-state index contributed by atoms with van der Waals surface area (Å²) in [6.45, 7) is 2.08. The molecule has 1 aliphatic carbocycles. The molecular weight excluding hydrogens is 124 g/mol. The molecule has 0 unspecified atom stereocenters. The summed E-state index contributed by atoms with van der Waals surface area (Å²) in [6.07, 6.45) is 7.18. The zero-order valence-corrected chi connectivity index (χ0v) is 6.35. The first kappa shape index (κ1) is 7.04. The molecule has 1 rings (SSSR count). The van der Waals surface area contributed by atoms with Gasteiger partial charge in [-0.3, -0.25) is 0 Å². The van der Waals surface area contributed by atoms with Crippen molar-refractivity contribution in [2.75, 3.05) is 7.11 Å². The van der Waals surface area contributed by atoms with Gasteiger partial charge < -0.3 is 0 Å². The van der Waals surface area contributed by atoms with Crippen LogP contribution in [0.1, 0.15) is 13.3 Å². The van der Waals surface area contributed by atoms with Gasteiger partial charge in [-0.15, -0.1) is 0 Å². The maximum Gasteiger partial charge on any atom is 0.347 e. The lowest BCUT2D eigenvalue weighted by Crippen LogP contribution is -1.85. The predicted molar refractivity (Wildman–Crippen MR) is 42.6 cm³/mol. The van der Waals surface area contributed by atoms with Crippen molar-refractivity contribution in [2.24, 2.45) is 0 Å². The molecule has 0 fully saturated rings. The third-order valence-electron chi connectivity index (χ3n) is 1.42. The van der Waals surface area contributed by atoms with Crippen molar-refractivity contribution in [3.63, 3.8) is 0 Å². The van der Waals surface area contributed by atoms with Gasteiger partial charge in [0.05, 0.1) is 5.57 Å². The van der Waals surface area contributed by atoms with E-state index in [9.17, 15) is 0 Å². The normalized spacial score (nSPS) is 16.2. The topological polar surface area (TPSA) is 11.3 Å². The van der Waals surface area contributed by atoms with Gasteiger partial charge in [0.25, 0.3) is 7.11 Å². The summed E-state index contributed by atoms with van der Waals surface area (Å²) in [5.74, 6) is 2.79. The summed E-state index contributed by atoms with van der Waals surface area (Å²) < 4.78 is 4.75. The van der Waals surface area contributed by atoms with Crippen molar-refractivity contribution < 1.29 is 4.42 Å². The lowest BCUT2D eigenvalue weighted by molar-refractivity contribution is 0.188. The fraction of sp³-hybridized carbons (Fsp3) is 0.333. The number of carbonyl (C=O) groups excluding carboxylic acids is 1. The van der Waals surface area contributed by atoms with Crippen molar-refractivity contribution in [2.45, 2.75) is 13.3 Å². The lowest BCUT2D eigenvalue weighted by Gasteiger charge is -1.97. The summed E-state index contributed by atoms with van der Waals surface area (Å²) in [6, 6.07) is 0. The standard InChI is InChI=1S/C9H11O/c1-8-3-5-9(6-4-8)7-10-2/h3-5H,6H2,1-2H3/q+1. The van der Waals surface area contributed by atoms with Crippen LogP contribution in [0, 0.1) is 0 Å². The monoisotopic (exact) mass is 135 g/mol. The molecule has 10 heavy (non-hydrogen) atoms. The second kappa shape index (κ2) is 3.19. The molecular formula is C9H11O+. The van der Waals surface area contributed by atoms with E-state index in [0.29, 0.717) is 0 Å². The van der Waals surface area contributed by atoms with E-state index in [1.807, 2.05) is 6.08 Å². The van der Waals surface area contributed by atoms with Crippen LogP contribution in [-0.2, 0) is 4.42 Å². The maximum atomic E-state index is 4.75. The molecule has 0 atom stereocenters. The van der Waals surface area contributed by atoms with E-state index in [1.165, 1.54) is 5.57 Å². The van der Waals surface area contributed by atoms with Gasteiger partial charge >= 0.3 is 5.94 Å². The lowest BCUT2D eigenvalue weighted by atomic mass is 10.1. The predicted octanol–water partition coefficient (Wildman–Crippen LogP) is 1.82. The first-order chi connectivity index (χ1) is 4.83. The highest BCUT2D eigenvalue weighted by molar-refractivity contribution is 5.60. The first-order valence-corrected chi connectivity index (χ1v) is 3.32. The molecule has 0 bridgehead atoms. The fourth-order valence-corrected chi connectivity index (χ4v) is 0.846. The minimum Gasteiger partial charge on any atom is -0.207 e. The van der Waals surface area contributed by atoms with Crippen LogP contribution in [0.25, 0.3) is 0 Å². The van der Waals surface area contributed by atoms with E-state index in [0.717, 1.165) is 12.0 Å². The van der Waals surface area contributed by atoms with Gasteiger partial charge in [-0.1, -0.05) is 17.7 Å². The van der Waals surface area contributed by atoms with Crippen molar-refractivity contribution in [3.8, 4) is 0 Å². The van der Waals surface area contributed by atoms with Crippen LogP contribution < -0.4 is 0 Å². The molecule has 1 heteroatoms. The summed E-state index contributed by atoms with van der Waals surface area (Å²) in [5, 5.41) is 0. The Kier molecular flexibility index (Phi) is 2.24. The van der Waals surface area contributed by atoms with Crippen molar-refractivity contribution in [1.29, 1.82) is 0 Å². The summed E-state index contributed by atoms with van der Waals surface area (Å²) in [7, 11) is 1.62. The Morgan fingerprint density at radius 1 is 1.50 bits per heavy atom. The van der Waals surface area contributed by atoms with Crippen LogP contribution in [-0.4, -0.2) is 13.1 Å². The SMILES string of the molecule is C[O+]=C=C1C=CC(C)=CC1. The molecule has 0 aliphatic heterocycles. The van der Waals surface area contributed by atoms with E-state index >= 15 is 0 Å². The van der Waals surface area contributed by atoms with Crippen LogP contribution in [0.4, 0.5) is 0 Å². The zero-order valence-electron chi connectivity index (χ0n) is 6.35. The van der Waals surface area contributed by atoms with Crippen molar-refractivity contribution in [3.05, 3.63) is 29.4 Å². The Balaban J connectivity index is 2.79. The maximum absolute atomic E-state index is 4.75. The Labute approximate surface area is 61.1 Å². The van der Waals surface area contributed by atoms with Crippen LogP contribution in [0.2, 0.25) is 0 Å². The van der Waals surface area contributed by atoms with Crippen molar-refractivity contribution >= 4 is 5.94 Å². The minimum absolute atomic E-state index is 0.941. The van der Waals surface area contributed by atoms with Gasteiger partial charge in [-0.2, -0.15) is 0 Å². The molecule has 0 saturated heterocycles. The summed E-state index contributed by atoms with van der Waals surface area (Å²) >= 11 is 0. The molecule has 0 amide bonds. The van der Waals surface area contributed by atoms with Gasteiger partial charge in [-0.25, -0.2) is 4.42 Å². The Morgan fingerprint density at radius 2 is 2.30 bits per heavy atom. The van der Waals surface area contributed by atoms with E-state index in [-0.39, 0.29) is 0 Å². The highest BCUT2D eigenvalue weighted by Crippen LogP contribution is 2.11. The summed E-state index contributed by atoms with van der Waals surface area (Å²) in [5.41, 5.74) is 2.41. The molecule has 1 aliphatic rings. The quantitative estimate of drug-likeness (QED) is 0.354. The van der Waals surface area contributed by atoms with Gasteiger partial charge in [0.1, 0.15) is 0 Å². The average Bonchev–Trinajstić information content (AvgIpc) is 1.95. The molecule has 1 nitrogen and oxygen atoms in total. The van der Waals surface area contributed by atoms with E-state index < -0.39 is 0 Å². The molecule has 0 N–H and O–H groups in total. The van der Waals surface area contributed by atoms with Crippen LogP contribution >= 0.6 is 0 Å². The molecule has 0 radical (unpaired) electrons. The molecule has 0 heterocycles. The zero-order chi connectivity index (χ0) is 7.40. The second-order valence-electron chi connectivity index (χ2n) is 2.32. The highest BCUT2D eigenvalue weighted by atomic mass is 16.3. The average molecular weight is 135 g/mol. The van der Waals surface area contributed by atoms with E-state index in [1.54, 1.807) is 7.11 Å². The number of hydrogen-bond donors (Lipinski definition) is 0. The van der Waals surface area contributed by atoms with Gasteiger partial charge in [-0.05, 0) is 13.0 Å². The molecule has 0 saturated carbocycles. The number of allylic oxidation sites excluding steroid dienone is 5. The van der Waals surface area contributed by atoms with Gasteiger partial charge in [0, 0.05) is 6.42 Å². The smallest absolute Gasteiger partial charge is 0.207 e. The van der Waals surface area contributed by atoms with E-state index in [2.05, 4.69) is 25.0 Å². The summed E-state index contributed by atoms with van der Waals surface area (Å²) in [4.78, 5) is 0. The fourth-order valence-electron chi connectivity index (χ4n) is 0.846. The van der Waals surface area contributed by atoms with E-state index in [4.69, 9.17) is 4.42 Å². The second-order valence-corrected chi connectivity index (χ2v) is 2.32. The van der Waals surface area contributed by atoms with Gasteiger partial charge in [0.2, 0.25) is 0 Å². The van der Waals surface area contributed by atoms with Gasteiger partial charge in [0.15, 0.2) is 0 Å². The number of rotatable bonds is 0.